The van der Waals surface area contributed by atoms with Crippen LogP contribution in [0.15, 0.2) is 29.3 Å². The Morgan fingerprint density at radius 2 is 2.20 bits per heavy atom. The van der Waals surface area contributed by atoms with E-state index < -0.39 is 0 Å². The van der Waals surface area contributed by atoms with Gasteiger partial charge in [-0.1, -0.05) is 5.21 Å². The fraction of sp³-hybridized carbons (Fsp3) is 0.385. The molecular formula is C13H17N5O2. The molecule has 0 fully saturated rings. The van der Waals surface area contributed by atoms with Crippen LogP contribution in [0, 0.1) is 6.92 Å². The molecule has 0 unspecified atom stereocenters. The minimum atomic E-state index is -0.364. The van der Waals surface area contributed by atoms with Crippen LogP contribution in [0.5, 0.6) is 0 Å². The summed E-state index contributed by atoms with van der Waals surface area (Å²) in [6.45, 7) is 5.17. The highest BCUT2D eigenvalue weighted by molar-refractivity contribution is 5.93. The van der Waals surface area contributed by atoms with Gasteiger partial charge < -0.3 is 9.88 Å². The molecule has 0 atom stereocenters. The van der Waals surface area contributed by atoms with Crippen molar-refractivity contribution in [1.82, 2.24) is 24.9 Å². The van der Waals surface area contributed by atoms with Gasteiger partial charge in [-0.25, -0.2) is 0 Å². The Balaban J connectivity index is 2.04. The molecule has 0 aliphatic heterocycles. The Bertz CT molecular complexity index is 645. The highest BCUT2D eigenvalue weighted by Crippen LogP contribution is 1.98. The number of hydrogen-bond donors (Lipinski definition) is 1. The highest BCUT2D eigenvalue weighted by Gasteiger charge is 2.12. The summed E-state index contributed by atoms with van der Waals surface area (Å²) in [5.41, 5.74) is 0.749. The van der Waals surface area contributed by atoms with Crippen LogP contribution in [0.25, 0.3) is 0 Å². The van der Waals surface area contributed by atoms with Gasteiger partial charge in [-0.2, -0.15) is 0 Å². The molecule has 2 aromatic rings. The van der Waals surface area contributed by atoms with Crippen LogP contribution >= 0.6 is 0 Å². The number of nitrogens with zero attached hydrogens (tertiary/aromatic N) is 4. The monoisotopic (exact) mass is 275 g/mol. The maximum Gasteiger partial charge on any atom is 0.263 e. The first-order valence-electron chi connectivity index (χ1n) is 6.46. The Hall–Kier alpha value is -2.44. The van der Waals surface area contributed by atoms with Crippen LogP contribution < -0.4 is 10.9 Å². The molecule has 0 spiro atoms. The fourth-order valence-electron chi connectivity index (χ4n) is 1.97. The molecule has 2 rings (SSSR count). The molecular weight excluding hydrogens is 258 g/mol. The second-order valence-corrected chi connectivity index (χ2v) is 4.36. The summed E-state index contributed by atoms with van der Waals surface area (Å²) >= 11 is 0. The van der Waals surface area contributed by atoms with E-state index in [0.717, 1.165) is 5.69 Å². The molecule has 0 aromatic carbocycles. The van der Waals surface area contributed by atoms with E-state index in [1.807, 2.05) is 13.8 Å². The third kappa shape index (κ3) is 2.93. The first-order valence-corrected chi connectivity index (χ1v) is 6.46. The third-order valence-electron chi connectivity index (χ3n) is 3.05. The number of aryl methyl sites for hydroxylation is 1. The lowest BCUT2D eigenvalue weighted by atomic mass is 10.2. The summed E-state index contributed by atoms with van der Waals surface area (Å²) in [6.07, 6.45) is 3.28. The lowest BCUT2D eigenvalue weighted by molar-refractivity contribution is 0.0949. The van der Waals surface area contributed by atoms with Crippen LogP contribution in [0.1, 0.15) is 23.0 Å². The predicted molar refractivity (Wildman–Crippen MR) is 73.5 cm³/mol. The average molecular weight is 275 g/mol. The van der Waals surface area contributed by atoms with Crippen molar-refractivity contribution in [3.05, 3.63) is 46.1 Å². The maximum atomic E-state index is 12.1. The van der Waals surface area contributed by atoms with Gasteiger partial charge in [-0.15, -0.1) is 5.10 Å². The van der Waals surface area contributed by atoms with Crippen molar-refractivity contribution in [3.8, 4) is 0 Å². The lowest BCUT2D eigenvalue weighted by Gasteiger charge is -2.10. The zero-order chi connectivity index (χ0) is 14.5. The van der Waals surface area contributed by atoms with E-state index in [9.17, 15) is 9.59 Å². The smallest absolute Gasteiger partial charge is 0.263 e. The number of hydrogen-bond acceptors (Lipinski definition) is 4. The standard InChI is InChI=1S/C13H17N5O2/c1-3-18-10(2)4-5-11(13(18)20)12(19)14-6-8-17-9-7-15-16-17/h4-5,7,9H,3,6,8H2,1-2H3,(H,14,19). The molecule has 0 saturated carbocycles. The normalized spacial score (nSPS) is 10.5. The zero-order valence-corrected chi connectivity index (χ0v) is 11.5. The van der Waals surface area contributed by atoms with Crippen molar-refractivity contribution in [2.75, 3.05) is 6.54 Å². The van der Waals surface area contributed by atoms with Crippen LogP contribution in [0.4, 0.5) is 0 Å². The SMILES string of the molecule is CCn1c(C)ccc(C(=O)NCCn2ccnn2)c1=O. The van der Waals surface area contributed by atoms with Gasteiger partial charge in [-0.05, 0) is 26.0 Å². The van der Waals surface area contributed by atoms with E-state index in [0.29, 0.717) is 19.6 Å². The number of aromatic nitrogens is 4. The second-order valence-electron chi connectivity index (χ2n) is 4.36. The summed E-state index contributed by atoms with van der Waals surface area (Å²) < 4.78 is 3.19. The molecule has 0 saturated heterocycles. The Morgan fingerprint density at radius 3 is 2.85 bits per heavy atom. The number of pyridine rings is 1. The van der Waals surface area contributed by atoms with Gasteiger partial charge in [0.2, 0.25) is 0 Å². The summed E-state index contributed by atoms with van der Waals surface area (Å²) in [5.74, 6) is -0.364. The summed E-state index contributed by atoms with van der Waals surface area (Å²) in [4.78, 5) is 24.1. The molecule has 0 aliphatic carbocycles. The van der Waals surface area contributed by atoms with Crippen molar-refractivity contribution in [2.24, 2.45) is 0 Å². The summed E-state index contributed by atoms with van der Waals surface area (Å²) in [6, 6.07) is 3.34. The van der Waals surface area contributed by atoms with E-state index in [4.69, 9.17) is 0 Å². The van der Waals surface area contributed by atoms with Crippen molar-refractivity contribution in [3.63, 3.8) is 0 Å². The van der Waals surface area contributed by atoms with E-state index >= 15 is 0 Å². The number of rotatable bonds is 5. The van der Waals surface area contributed by atoms with Crippen molar-refractivity contribution >= 4 is 5.91 Å². The Labute approximate surface area is 116 Å². The summed E-state index contributed by atoms with van der Waals surface area (Å²) in [7, 11) is 0. The molecule has 1 N–H and O–H groups in total. The quantitative estimate of drug-likeness (QED) is 0.845. The molecule has 106 valence electrons. The molecule has 2 aromatic heterocycles. The van der Waals surface area contributed by atoms with Gasteiger partial charge in [0.05, 0.1) is 12.7 Å². The van der Waals surface area contributed by atoms with E-state index in [2.05, 4.69) is 15.6 Å². The minimum Gasteiger partial charge on any atom is -0.350 e. The number of nitrogens with one attached hydrogen (secondary N) is 1. The van der Waals surface area contributed by atoms with Crippen LogP contribution in [-0.4, -0.2) is 32.0 Å². The molecule has 0 radical (unpaired) electrons. The van der Waals surface area contributed by atoms with E-state index in [1.54, 1.807) is 33.8 Å². The molecule has 7 heteroatoms. The van der Waals surface area contributed by atoms with Crippen LogP contribution in [-0.2, 0) is 13.1 Å². The topological polar surface area (TPSA) is 81.8 Å². The van der Waals surface area contributed by atoms with Gasteiger partial charge in [0, 0.05) is 25.0 Å². The molecule has 0 aliphatic rings. The van der Waals surface area contributed by atoms with E-state index in [1.165, 1.54) is 0 Å². The maximum absolute atomic E-state index is 12.1. The number of carbonyl (C=O) groups is 1. The van der Waals surface area contributed by atoms with Gasteiger partial charge in [0.25, 0.3) is 11.5 Å². The predicted octanol–water partition coefficient (Wildman–Crippen LogP) is 0.198. The zero-order valence-electron chi connectivity index (χ0n) is 11.5. The number of carbonyl (C=O) groups excluding carboxylic acids is 1. The second kappa shape index (κ2) is 6.14. The molecule has 1 amide bonds. The lowest BCUT2D eigenvalue weighted by Crippen LogP contribution is -2.35. The minimum absolute atomic E-state index is 0.163. The first kappa shape index (κ1) is 14.0. The van der Waals surface area contributed by atoms with Crippen LogP contribution in [0.2, 0.25) is 0 Å². The van der Waals surface area contributed by atoms with E-state index in [-0.39, 0.29) is 17.0 Å². The van der Waals surface area contributed by atoms with Crippen molar-refractivity contribution < 1.29 is 4.79 Å². The molecule has 0 bridgehead atoms. The van der Waals surface area contributed by atoms with Gasteiger partial charge in [0.1, 0.15) is 5.56 Å². The number of amides is 1. The van der Waals surface area contributed by atoms with Gasteiger partial charge in [0.15, 0.2) is 0 Å². The first-order chi connectivity index (χ1) is 9.63. The fourth-order valence-corrected chi connectivity index (χ4v) is 1.97. The third-order valence-corrected chi connectivity index (χ3v) is 3.05. The van der Waals surface area contributed by atoms with Crippen LogP contribution in [0.3, 0.4) is 0 Å². The molecule has 7 nitrogen and oxygen atoms in total. The van der Waals surface area contributed by atoms with Crippen molar-refractivity contribution in [1.29, 1.82) is 0 Å². The largest absolute Gasteiger partial charge is 0.350 e. The van der Waals surface area contributed by atoms with Gasteiger partial charge >= 0.3 is 0 Å². The highest BCUT2D eigenvalue weighted by atomic mass is 16.2. The molecule has 2 heterocycles. The Kier molecular flexibility index (Phi) is 4.29. The average Bonchev–Trinajstić information content (AvgIpc) is 2.92. The summed E-state index contributed by atoms with van der Waals surface area (Å²) in [5, 5.41) is 10.2. The molecule has 20 heavy (non-hydrogen) atoms. The Morgan fingerprint density at radius 1 is 1.40 bits per heavy atom. The van der Waals surface area contributed by atoms with Gasteiger partial charge in [-0.3, -0.25) is 14.3 Å². The van der Waals surface area contributed by atoms with Crippen molar-refractivity contribution in [2.45, 2.75) is 26.9 Å².